The molecule has 1 N–H and O–H groups in total. The van der Waals surface area contributed by atoms with Crippen molar-refractivity contribution in [3.8, 4) is 0 Å². The molecule has 1 unspecified atom stereocenters. The van der Waals surface area contributed by atoms with E-state index >= 15 is 0 Å². The molecule has 0 aromatic rings. The Morgan fingerprint density at radius 3 is 2.89 bits per heavy atom. The molecule has 1 aliphatic heterocycles. The van der Waals surface area contributed by atoms with Crippen molar-refractivity contribution >= 4 is 22.9 Å². The first-order valence-electron chi connectivity index (χ1n) is 7.01. The van der Waals surface area contributed by atoms with Gasteiger partial charge in [0.2, 0.25) is 0 Å². The van der Waals surface area contributed by atoms with Crippen molar-refractivity contribution in [3.05, 3.63) is 0 Å². The van der Waals surface area contributed by atoms with Crippen LogP contribution in [0.5, 0.6) is 0 Å². The SMILES string of the molecule is CCOC(=O)CCCNC1=NCC(CC(C)(C)C)S1. The molecule has 19 heavy (non-hydrogen) atoms. The first-order chi connectivity index (χ1) is 8.90. The number of carbonyl (C=O) groups excluding carboxylic acids is 1. The van der Waals surface area contributed by atoms with Gasteiger partial charge in [-0.25, -0.2) is 0 Å². The Morgan fingerprint density at radius 1 is 1.53 bits per heavy atom. The Balaban J connectivity index is 2.10. The fourth-order valence-corrected chi connectivity index (χ4v) is 3.35. The van der Waals surface area contributed by atoms with Crippen molar-refractivity contribution < 1.29 is 9.53 Å². The van der Waals surface area contributed by atoms with E-state index in [4.69, 9.17) is 4.74 Å². The number of aliphatic imine (C=N–C) groups is 1. The Labute approximate surface area is 120 Å². The van der Waals surface area contributed by atoms with Gasteiger partial charge in [0.05, 0.1) is 13.2 Å². The molecule has 0 saturated carbocycles. The summed E-state index contributed by atoms with van der Waals surface area (Å²) < 4.78 is 4.88. The van der Waals surface area contributed by atoms with Crippen LogP contribution < -0.4 is 5.32 Å². The van der Waals surface area contributed by atoms with E-state index in [-0.39, 0.29) is 5.97 Å². The molecule has 1 heterocycles. The zero-order chi connectivity index (χ0) is 14.3. The predicted molar refractivity (Wildman–Crippen MR) is 81.6 cm³/mol. The maximum absolute atomic E-state index is 11.2. The quantitative estimate of drug-likeness (QED) is 0.602. The van der Waals surface area contributed by atoms with Crippen LogP contribution in [0, 0.1) is 5.41 Å². The lowest BCUT2D eigenvalue weighted by Crippen LogP contribution is -2.22. The van der Waals surface area contributed by atoms with Crippen LogP contribution in [0.15, 0.2) is 4.99 Å². The largest absolute Gasteiger partial charge is 0.466 e. The van der Waals surface area contributed by atoms with Crippen LogP contribution in [0.25, 0.3) is 0 Å². The van der Waals surface area contributed by atoms with Gasteiger partial charge in [-0.1, -0.05) is 32.5 Å². The summed E-state index contributed by atoms with van der Waals surface area (Å²) in [5.74, 6) is -0.115. The van der Waals surface area contributed by atoms with Crippen molar-refractivity contribution in [3.63, 3.8) is 0 Å². The van der Waals surface area contributed by atoms with E-state index in [9.17, 15) is 4.79 Å². The van der Waals surface area contributed by atoms with E-state index in [1.807, 2.05) is 18.7 Å². The van der Waals surface area contributed by atoms with Gasteiger partial charge in [0.15, 0.2) is 5.17 Å². The molecule has 0 radical (unpaired) electrons. The third-order valence-electron chi connectivity index (χ3n) is 2.70. The summed E-state index contributed by atoms with van der Waals surface area (Å²) in [6.45, 7) is 10.8. The van der Waals surface area contributed by atoms with Crippen molar-refractivity contribution in [1.29, 1.82) is 0 Å². The minimum absolute atomic E-state index is 0.115. The maximum atomic E-state index is 11.2. The number of nitrogens with zero attached hydrogens (tertiary/aromatic N) is 1. The predicted octanol–water partition coefficient (Wildman–Crippen LogP) is 2.83. The van der Waals surface area contributed by atoms with Crippen molar-refractivity contribution in [1.82, 2.24) is 5.32 Å². The number of esters is 1. The highest BCUT2D eigenvalue weighted by atomic mass is 32.2. The molecule has 5 heteroatoms. The molecule has 1 rings (SSSR count). The van der Waals surface area contributed by atoms with Gasteiger partial charge in [-0.3, -0.25) is 9.79 Å². The molecule has 0 amide bonds. The van der Waals surface area contributed by atoms with Gasteiger partial charge in [0, 0.05) is 18.2 Å². The molecule has 1 atom stereocenters. The summed E-state index contributed by atoms with van der Waals surface area (Å²) in [5, 5.41) is 4.92. The fraction of sp³-hybridized carbons (Fsp3) is 0.857. The molecule has 4 nitrogen and oxygen atoms in total. The van der Waals surface area contributed by atoms with Crippen LogP contribution in [0.2, 0.25) is 0 Å². The first kappa shape index (κ1) is 16.3. The third-order valence-corrected chi connectivity index (χ3v) is 3.84. The zero-order valence-corrected chi connectivity index (χ0v) is 13.3. The highest BCUT2D eigenvalue weighted by Gasteiger charge is 2.24. The second-order valence-corrected chi connectivity index (χ2v) is 7.27. The number of hydrogen-bond donors (Lipinski definition) is 1. The van der Waals surface area contributed by atoms with E-state index in [1.54, 1.807) is 0 Å². The molecule has 0 aliphatic carbocycles. The Bertz CT molecular complexity index is 324. The summed E-state index contributed by atoms with van der Waals surface area (Å²) in [4.78, 5) is 15.7. The summed E-state index contributed by atoms with van der Waals surface area (Å²) in [6.07, 6.45) is 2.45. The summed E-state index contributed by atoms with van der Waals surface area (Å²) in [5.41, 5.74) is 0.354. The van der Waals surface area contributed by atoms with Gasteiger partial charge in [0.1, 0.15) is 0 Å². The molecule has 0 saturated heterocycles. The van der Waals surface area contributed by atoms with Crippen molar-refractivity contribution in [2.75, 3.05) is 19.7 Å². The highest BCUT2D eigenvalue weighted by molar-refractivity contribution is 8.14. The number of carbonyl (C=O) groups is 1. The van der Waals surface area contributed by atoms with Gasteiger partial charge < -0.3 is 10.1 Å². The average Bonchev–Trinajstić information content (AvgIpc) is 2.70. The van der Waals surface area contributed by atoms with E-state index in [1.165, 1.54) is 6.42 Å². The standard InChI is InChI=1S/C14H26N2O2S/c1-5-18-12(17)7-6-8-15-13-16-10-11(19-13)9-14(2,3)4/h11H,5-10H2,1-4H3,(H,15,16). The van der Waals surface area contributed by atoms with Crippen LogP contribution in [-0.2, 0) is 9.53 Å². The van der Waals surface area contributed by atoms with Crippen LogP contribution in [0.4, 0.5) is 0 Å². The highest BCUT2D eigenvalue weighted by Crippen LogP contribution is 2.31. The number of thioether (sulfide) groups is 1. The van der Waals surface area contributed by atoms with Gasteiger partial charge >= 0.3 is 5.97 Å². The summed E-state index contributed by atoms with van der Waals surface area (Å²) in [6, 6.07) is 0. The number of rotatable bonds is 6. The monoisotopic (exact) mass is 286 g/mol. The van der Waals surface area contributed by atoms with Gasteiger partial charge in [-0.2, -0.15) is 0 Å². The Hall–Kier alpha value is -0.710. The van der Waals surface area contributed by atoms with Gasteiger partial charge in [-0.15, -0.1) is 0 Å². The van der Waals surface area contributed by atoms with E-state index in [0.717, 1.165) is 24.7 Å². The second-order valence-electron chi connectivity index (χ2n) is 5.99. The van der Waals surface area contributed by atoms with Gasteiger partial charge in [0.25, 0.3) is 0 Å². The van der Waals surface area contributed by atoms with Crippen LogP contribution in [0.3, 0.4) is 0 Å². The smallest absolute Gasteiger partial charge is 0.305 e. The minimum atomic E-state index is -0.115. The molecule has 110 valence electrons. The topological polar surface area (TPSA) is 50.7 Å². The second kappa shape index (κ2) is 7.78. The molecule has 0 aromatic heterocycles. The van der Waals surface area contributed by atoms with Crippen LogP contribution in [0.1, 0.15) is 47.0 Å². The fourth-order valence-electron chi connectivity index (χ4n) is 1.97. The Kier molecular flexibility index (Phi) is 6.69. The number of ether oxygens (including phenoxy) is 1. The minimum Gasteiger partial charge on any atom is -0.466 e. The molecular weight excluding hydrogens is 260 g/mol. The molecule has 0 aromatic carbocycles. The number of hydrogen-bond acceptors (Lipinski definition) is 5. The van der Waals surface area contributed by atoms with Crippen molar-refractivity contribution in [2.24, 2.45) is 10.4 Å². The average molecular weight is 286 g/mol. The molecule has 0 bridgehead atoms. The number of amidine groups is 1. The van der Waals surface area contributed by atoms with Crippen molar-refractivity contribution in [2.45, 2.75) is 52.2 Å². The lowest BCUT2D eigenvalue weighted by molar-refractivity contribution is -0.143. The first-order valence-corrected chi connectivity index (χ1v) is 7.89. The van der Waals surface area contributed by atoms with Gasteiger partial charge in [-0.05, 0) is 25.2 Å². The molecule has 0 spiro atoms. The normalized spacial score (nSPS) is 19.2. The van der Waals surface area contributed by atoms with E-state index in [0.29, 0.717) is 23.7 Å². The molecular formula is C14H26N2O2S. The summed E-state index contributed by atoms with van der Waals surface area (Å²) in [7, 11) is 0. The van der Waals surface area contributed by atoms with E-state index < -0.39 is 0 Å². The van der Waals surface area contributed by atoms with Crippen LogP contribution >= 0.6 is 11.8 Å². The van der Waals surface area contributed by atoms with Crippen LogP contribution in [-0.4, -0.2) is 36.1 Å². The number of nitrogens with one attached hydrogen (secondary N) is 1. The molecule has 0 fully saturated rings. The Morgan fingerprint density at radius 2 is 2.26 bits per heavy atom. The third kappa shape index (κ3) is 7.45. The van der Waals surface area contributed by atoms with E-state index in [2.05, 4.69) is 31.1 Å². The maximum Gasteiger partial charge on any atom is 0.305 e. The lowest BCUT2D eigenvalue weighted by atomic mass is 9.90. The zero-order valence-electron chi connectivity index (χ0n) is 12.5. The lowest BCUT2D eigenvalue weighted by Gasteiger charge is -2.21. The summed E-state index contributed by atoms with van der Waals surface area (Å²) >= 11 is 1.83. The molecule has 1 aliphatic rings.